The van der Waals surface area contributed by atoms with E-state index in [2.05, 4.69) is 10.3 Å². The molecule has 8 nitrogen and oxygen atoms in total. The predicted molar refractivity (Wildman–Crippen MR) is 96.7 cm³/mol. The molecule has 1 unspecified atom stereocenters. The van der Waals surface area contributed by atoms with Crippen LogP contribution in [0.3, 0.4) is 0 Å². The van der Waals surface area contributed by atoms with Crippen LogP contribution in [0.1, 0.15) is 18.7 Å². The normalized spacial score (nSPS) is 12.4. The minimum absolute atomic E-state index is 0.110. The second-order valence-electron chi connectivity index (χ2n) is 5.86. The van der Waals surface area contributed by atoms with Crippen LogP contribution in [0.5, 0.6) is 5.75 Å². The lowest BCUT2D eigenvalue weighted by Crippen LogP contribution is -2.08. The fourth-order valence-corrected chi connectivity index (χ4v) is 2.96. The number of pyridine rings is 1. The molecule has 0 fully saturated rings. The minimum Gasteiger partial charge on any atom is -0.493 e. The van der Waals surface area contributed by atoms with E-state index in [1.807, 2.05) is 31.2 Å². The van der Waals surface area contributed by atoms with Gasteiger partial charge in [-0.1, -0.05) is 18.2 Å². The van der Waals surface area contributed by atoms with Crippen molar-refractivity contribution in [2.45, 2.75) is 13.0 Å². The molecule has 1 atom stereocenters. The quantitative estimate of drug-likeness (QED) is 0.428. The maximum Gasteiger partial charge on any atom is 0.372 e. The molecule has 8 heteroatoms. The number of furan rings is 1. The van der Waals surface area contributed by atoms with Crippen LogP contribution in [0.15, 0.2) is 53.1 Å². The Balaban J connectivity index is 1.72. The molecular formula is C18H16N4O4. The van der Waals surface area contributed by atoms with E-state index in [-0.39, 0.29) is 17.7 Å². The smallest absolute Gasteiger partial charge is 0.372 e. The minimum atomic E-state index is -0.448. The van der Waals surface area contributed by atoms with Gasteiger partial charge in [-0.25, -0.2) is 0 Å². The summed E-state index contributed by atoms with van der Waals surface area (Å²) < 4.78 is 12.7. The van der Waals surface area contributed by atoms with Gasteiger partial charge >= 0.3 is 5.82 Å². The first-order valence-electron chi connectivity index (χ1n) is 8.03. The van der Waals surface area contributed by atoms with E-state index in [0.29, 0.717) is 22.7 Å². The zero-order valence-electron chi connectivity index (χ0n) is 14.2. The molecule has 0 saturated heterocycles. The van der Waals surface area contributed by atoms with Crippen LogP contribution < -0.4 is 10.1 Å². The van der Waals surface area contributed by atoms with E-state index < -0.39 is 4.92 Å². The molecule has 3 heterocycles. The highest BCUT2D eigenvalue weighted by atomic mass is 16.6. The molecule has 0 radical (unpaired) electrons. The van der Waals surface area contributed by atoms with E-state index in [1.165, 1.54) is 4.40 Å². The summed E-state index contributed by atoms with van der Waals surface area (Å²) in [5.74, 6) is 1.36. The standard InChI is InChI=1S/C18H16N4O4/c1-11(14-10-12-6-5-7-13(25-2)16(12)26-14)19-17-18(22(23)24)21-9-4-3-8-15(21)20-17/h3-11,19H,1-2H3. The van der Waals surface area contributed by atoms with Crippen molar-refractivity contribution in [1.82, 2.24) is 9.38 Å². The van der Waals surface area contributed by atoms with Gasteiger partial charge in [-0.2, -0.15) is 9.38 Å². The van der Waals surface area contributed by atoms with Crippen LogP contribution in [0.4, 0.5) is 11.6 Å². The number of hydrogen-bond donors (Lipinski definition) is 1. The van der Waals surface area contributed by atoms with E-state index in [1.54, 1.807) is 31.5 Å². The zero-order chi connectivity index (χ0) is 18.3. The fourth-order valence-electron chi connectivity index (χ4n) is 2.96. The van der Waals surface area contributed by atoms with Crippen molar-refractivity contribution < 1.29 is 14.1 Å². The molecular weight excluding hydrogens is 336 g/mol. The predicted octanol–water partition coefficient (Wildman–Crippen LogP) is 4.17. The van der Waals surface area contributed by atoms with Gasteiger partial charge in [0.05, 0.1) is 19.3 Å². The number of anilines is 1. The van der Waals surface area contributed by atoms with Crippen molar-refractivity contribution in [3.8, 4) is 5.75 Å². The van der Waals surface area contributed by atoms with Crippen molar-refractivity contribution in [2.24, 2.45) is 0 Å². The number of rotatable bonds is 5. The number of benzene rings is 1. The van der Waals surface area contributed by atoms with Crippen molar-refractivity contribution in [1.29, 1.82) is 0 Å². The second kappa shape index (κ2) is 6.07. The SMILES string of the molecule is COc1cccc2cc(C(C)Nc3nc4ccccn4c3[N+](=O)[O-])oc12. The number of nitrogens with zero attached hydrogens (tertiary/aromatic N) is 3. The summed E-state index contributed by atoms with van der Waals surface area (Å²) in [5, 5.41) is 15.5. The number of ether oxygens (including phenoxy) is 1. The molecule has 1 aromatic carbocycles. The molecule has 1 N–H and O–H groups in total. The summed E-state index contributed by atoms with van der Waals surface area (Å²) >= 11 is 0. The summed E-state index contributed by atoms with van der Waals surface area (Å²) in [4.78, 5) is 15.4. The maximum absolute atomic E-state index is 11.5. The molecule has 26 heavy (non-hydrogen) atoms. The number of hydrogen-bond acceptors (Lipinski definition) is 6. The van der Waals surface area contributed by atoms with E-state index in [0.717, 1.165) is 5.39 Å². The number of methoxy groups -OCH3 is 1. The second-order valence-corrected chi connectivity index (χ2v) is 5.86. The van der Waals surface area contributed by atoms with Crippen LogP contribution in [-0.4, -0.2) is 21.4 Å². The van der Waals surface area contributed by atoms with Crippen LogP contribution in [0, 0.1) is 10.1 Å². The molecule has 0 aliphatic heterocycles. The van der Waals surface area contributed by atoms with Gasteiger partial charge < -0.3 is 24.6 Å². The van der Waals surface area contributed by atoms with Gasteiger partial charge in [0, 0.05) is 11.5 Å². The highest BCUT2D eigenvalue weighted by Crippen LogP contribution is 2.33. The summed E-state index contributed by atoms with van der Waals surface area (Å²) in [7, 11) is 1.58. The number of fused-ring (bicyclic) bond motifs is 2. The lowest BCUT2D eigenvalue weighted by atomic mass is 10.2. The third kappa shape index (κ3) is 2.52. The molecule has 132 valence electrons. The molecule has 0 amide bonds. The molecule has 0 aliphatic carbocycles. The van der Waals surface area contributed by atoms with Crippen LogP contribution in [-0.2, 0) is 0 Å². The maximum atomic E-state index is 11.5. The number of nitro groups is 1. The Bertz CT molecular complexity index is 1110. The highest BCUT2D eigenvalue weighted by molar-refractivity contribution is 5.84. The van der Waals surface area contributed by atoms with Crippen LogP contribution >= 0.6 is 0 Å². The Hall–Kier alpha value is -3.55. The summed E-state index contributed by atoms with van der Waals surface area (Å²) in [6, 6.07) is 12.4. The van der Waals surface area contributed by atoms with Gasteiger partial charge in [-0.15, -0.1) is 0 Å². The molecule has 3 aromatic heterocycles. The average molecular weight is 352 g/mol. The molecule has 4 rings (SSSR count). The van der Waals surface area contributed by atoms with E-state index in [9.17, 15) is 10.1 Å². The van der Waals surface area contributed by atoms with Crippen LogP contribution in [0.25, 0.3) is 16.6 Å². The Labute approximate surface area is 148 Å². The van der Waals surface area contributed by atoms with Gasteiger partial charge in [-0.3, -0.25) is 0 Å². The van der Waals surface area contributed by atoms with Gasteiger partial charge in [0.25, 0.3) is 0 Å². The molecule has 0 spiro atoms. The number of aromatic nitrogens is 2. The van der Waals surface area contributed by atoms with Gasteiger partial charge in [-0.05, 0) is 30.0 Å². The molecule has 0 bridgehead atoms. The van der Waals surface area contributed by atoms with Crippen molar-refractivity contribution >= 4 is 28.3 Å². The molecule has 4 aromatic rings. The van der Waals surface area contributed by atoms with Gasteiger partial charge in [0.2, 0.25) is 11.5 Å². The van der Waals surface area contributed by atoms with Gasteiger partial charge in [0.15, 0.2) is 11.3 Å². The van der Waals surface area contributed by atoms with Crippen LogP contribution in [0.2, 0.25) is 0 Å². The lowest BCUT2D eigenvalue weighted by Gasteiger charge is -2.10. The first kappa shape index (κ1) is 15.9. The monoisotopic (exact) mass is 352 g/mol. The van der Waals surface area contributed by atoms with Crippen molar-refractivity contribution in [2.75, 3.05) is 12.4 Å². The molecule has 0 aliphatic rings. The van der Waals surface area contributed by atoms with E-state index in [4.69, 9.17) is 9.15 Å². The first-order valence-corrected chi connectivity index (χ1v) is 8.03. The third-order valence-corrected chi connectivity index (χ3v) is 4.20. The Kier molecular flexibility index (Phi) is 3.72. The lowest BCUT2D eigenvalue weighted by molar-refractivity contribution is -0.389. The zero-order valence-corrected chi connectivity index (χ0v) is 14.2. The summed E-state index contributed by atoms with van der Waals surface area (Å²) in [6.07, 6.45) is 1.61. The Morgan fingerprint density at radius 2 is 2.15 bits per heavy atom. The number of para-hydroxylation sites is 1. The fraction of sp³-hybridized carbons (Fsp3) is 0.167. The number of nitrogens with one attached hydrogen (secondary N) is 1. The topological polar surface area (TPSA) is 94.8 Å². The van der Waals surface area contributed by atoms with Crippen molar-refractivity contribution in [3.63, 3.8) is 0 Å². The summed E-state index contributed by atoms with van der Waals surface area (Å²) in [6.45, 7) is 1.86. The Morgan fingerprint density at radius 1 is 1.31 bits per heavy atom. The molecule has 0 saturated carbocycles. The number of imidazole rings is 1. The largest absolute Gasteiger partial charge is 0.493 e. The Morgan fingerprint density at radius 3 is 2.92 bits per heavy atom. The van der Waals surface area contributed by atoms with Gasteiger partial charge in [0.1, 0.15) is 5.76 Å². The highest BCUT2D eigenvalue weighted by Gasteiger charge is 2.25. The van der Waals surface area contributed by atoms with E-state index >= 15 is 0 Å². The summed E-state index contributed by atoms with van der Waals surface area (Å²) in [5.41, 5.74) is 1.14. The average Bonchev–Trinajstić information content (AvgIpc) is 3.22. The first-order chi connectivity index (χ1) is 12.6. The van der Waals surface area contributed by atoms with Crippen molar-refractivity contribution in [3.05, 3.63) is 64.5 Å². The third-order valence-electron chi connectivity index (χ3n) is 4.20.